The number of nitrogens with zero attached hydrogens (tertiary/aromatic N) is 1. The molecule has 0 bridgehead atoms. The summed E-state index contributed by atoms with van der Waals surface area (Å²) in [7, 11) is 0. The Hall–Kier alpha value is -3.00. The van der Waals surface area contributed by atoms with E-state index in [4.69, 9.17) is 22.7 Å². The summed E-state index contributed by atoms with van der Waals surface area (Å²) in [5, 5.41) is 0.752. The van der Waals surface area contributed by atoms with Crippen LogP contribution in [-0.2, 0) is 5.41 Å². The van der Waals surface area contributed by atoms with Gasteiger partial charge in [-0.3, -0.25) is 0 Å². The molecule has 3 aromatic rings. The van der Waals surface area contributed by atoms with Gasteiger partial charge in [0.1, 0.15) is 11.1 Å². The van der Waals surface area contributed by atoms with Crippen LogP contribution in [0.1, 0.15) is 23.1 Å². The lowest BCUT2D eigenvalue weighted by Crippen LogP contribution is -2.28. The molecule has 0 heterocycles. The molecule has 0 aliphatic heterocycles. The van der Waals surface area contributed by atoms with Crippen molar-refractivity contribution >= 4 is 11.6 Å². The maximum Gasteiger partial charge on any atom is 0.211 e. The van der Waals surface area contributed by atoms with Gasteiger partial charge in [0, 0.05) is 10.4 Å². The van der Waals surface area contributed by atoms with Crippen LogP contribution in [0.25, 0.3) is 0 Å². The Morgan fingerprint density at radius 3 is 1.54 bits per heavy atom. The molecule has 0 unspecified atom stereocenters. The normalized spacial score (nSPS) is 10.2. The predicted molar refractivity (Wildman–Crippen MR) is 107 cm³/mol. The molecule has 4 heteroatoms. The van der Waals surface area contributed by atoms with Crippen LogP contribution >= 0.6 is 11.6 Å². The highest BCUT2D eigenvalue weighted by Crippen LogP contribution is 2.42. The Bertz CT molecular complexity index is 813. The molecule has 3 nitrogen and oxygen atoms in total. The molecule has 0 aliphatic rings. The van der Waals surface area contributed by atoms with Gasteiger partial charge in [0.25, 0.3) is 0 Å². The SMILES string of the molecule is C=CCC(c1ccccc1)(c1ccccc1)c1ccc(Cl)cc1.N=[N+]=N. The summed E-state index contributed by atoms with van der Waals surface area (Å²) < 4.78 is 0. The van der Waals surface area contributed by atoms with Gasteiger partial charge in [-0.1, -0.05) is 90.5 Å². The molecule has 26 heavy (non-hydrogen) atoms. The lowest BCUT2D eigenvalue weighted by atomic mass is 9.67. The van der Waals surface area contributed by atoms with Gasteiger partial charge in [0.15, 0.2) is 0 Å². The molecule has 0 saturated heterocycles. The average molecular weight is 363 g/mol. The van der Waals surface area contributed by atoms with Crippen LogP contribution in [0.2, 0.25) is 5.02 Å². The average Bonchev–Trinajstić information content (AvgIpc) is 2.69. The molecule has 0 amide bonds. The highest BCUT2D eigenvalue weighted by Gasteiger charge is 2.34. The third-order valence-electron chi connectivity index (χ3n) is 4.32. The molecule has 3 rings (SSSR count). The van der Waals surface area contributed by atoms with Crippen LogP contribution in [0.5, 0.6) is 0 Å². The van der Waals surface area contributed by atoms with Crippen molar-refractivity contribution in [3.05, 3.63) is 119 Å². The molecule has 0 spiro atoms. The summed E-state index contributed by atoms with van der Waals surface area (Å²) >= 11 is 6.11. The van der Waals surface area contributed by atoms with Crippen molar-refractivity contribution in [2.75, 3.05) is 0 Å². The van der Waals surface area contributed by atoms with Crippen molar-refractivity contribution < 1.29 is 0 Å². The third-order valence-corrected chi connectivity index (χ3v) is 4.57. The fourth-order valence-corrected chi connectivity index (χ4v) is 3.38. The minimum absolute atomic E-state index is 0.255. The second-order valence-corrected chi connectivity index (χ2v) is 6.19. The van der Waals surface area contributed by atoms with E-state index in [1.807, 2.05) is 23.1 Å². The maximum atomic E-state index is 6.11. The van der Waals surface area contributed by atoms with E-state index in [2.05, 4.69) is 79.4 Å². The molecule has 0 aliphatic carbocycles. The van der Waals surface area contributed by atoms with E-state index < -0.39 is 0 Å². The monoisotopic (exact) mass is 362 g/mol. The lowest BCUT2D eigenvalue weighted by Gasteiger charge is -2.35. The molecule has 0 saturated carbocycles. The summed E-state index contributed by atoms with van der Waals surface area (Å²) in [6.07, 6.45) is 2.82. The number of nitrogens with one attached hydrogen (secondary N) is 2. The van der Waals surface area contributed by atoms with Crippen molar-refractivity contribution in [3.8, 4) is 0 Å². The largest absolute Gasteiger partial charge is 0.211 e. The standard InChI is InChI=1S/C22H19Cl.H2N3/c1-2-17-22(18-9-5-3-6-10-18,19-11-7-4-8-12-19)20-13-15-21(23)16-14-20;1-3-2/h2-16H,1,17H2;1-2H/q;+1. The number of hydrogen-bond donors (Lipinski definition) is 2. The van der Waals surface area contributed by atoms with E-state index in [0.29, 0.717) is 0 Å². The van der Waals surface area contributed by atoms with Crippen LogP contribution in [0, 0.1) is 11.1 Å². The highest BCUT2D eigenvalue weighted by atomic mass is 35.5. The zero-order valence-electron chi connectivity index (χ0n) is 14.4. The predicted octanol–water partition coefficient (Wildman–Crippen LogP) is 6.37. The maximum absolute atomic E-state index is 6.11. The lowest BCUT2D eigenvalue weighted by molar-refractivity contribution is 0.628. The van der Waals surface area contributed by atoms with Crippen molar-refractivity contribution in [1.82, 2.24) is 4.91 Å². The van der Waals surface area contributed by atoms with Gasteiger partial charge in [-0.05, 0) is 35.2 Å². The Morgan fingerprint density at radius 2 is 1.15 bits per heavy atom. The summed E-state index contributed by atoms with van der Waals surface area (Å²) in [6, 6.07) is 29.4. The van der Waals surface area contributed by atoms with Crippen LogP contribution < -0.4 is 4.91 Å². The number of hydrogen-bond acceptors (Lipinski definition) is 2. The van der Waals surface area contributed by atoms with Gasteiger partial charge in [-0.2, -0.15) is 0 Å². The number of benzene rings is 3. The third kappa shape index (κ3) is 4.15. The molecular formula is C22H21ClN3+. The number of allylic oxidation sites excluding steroid dienone is 1. The van der Waals surface area contributed by atoms with Crippen LogP contribution in [0.4, 0.5) is 0 Å². The first kappa shape index (κ1) is 19.3. The van der Waals surface area contributed by atoms with Gasteiger partial charge in [-0.15, -0.1) is 6.58 Å². The number of halogens is 1. The van der Waals surface area contributed by atoms with Crippen molar-refractivity contribution in [1.29, 1.82) is 11.1 Å². The molecule has 130 valence electrons. The minimum Gasteiger partial charge on any atom is -0.103 e. The molecule has 0 aromatic heterocycles. The zero-order valence-corrected chi connectivity index (χ0v) is 15.2. The zero-order chi connectivity index (χ0) is 18.8. The van der Waals surface area contributed by atoms with Gasteiger partial charge >= 0.3 is 0 Å². The fourth-order valence-electron chi connectivity index (χ4n) is 3.25. The smallest absolute Gasteiger partial charge is 0.103 e. The Balaban J connectivity index is 0.000000758. The Labute approximate surface area is 159 Å². The van der Waals surface area contributed by atoms with E-state index in [1.165, 1.54) is 16.7 Å². The van der Waals surface area contributed by atoms with E-state index in [-0.39, 0.29) is 5.41 Å². The summed E-state index contributed by atoms with van der Waals surface area (Å²) in [6.45, 7) is 4.01. The molecule has 2 N–H and O–H groups in total. The van der Waals surface area contributed by atoms with Crippen LogP contribution in [0.15, 0.2) is 97.6 Å². The topological polar surface area (TPSA) is 61.8 Å². The van der Waals surface area contributed by atoms with Gasteiger partial charge in [-0.25, -0.2) is 0 Å². The van der Waals surface area contributed by atoms with E-state index in [1.54, 1.807) is 0 Å². The Morgan fingerprint density at radius 1 is 0.769 bits per heavy atom. The first-order valence-corrected chi connectivity index (χ1v) is 8.58. The van der Waals surface area contributed by atoms with E-state index in [9.17, 15) is 0 Å². The highest BCUT2D eigenvalue weighted by molar-refractivity contribution is 6.30. The molecule has 0 fully saturated rings. The van der Waals surface area contributed by atoms with Gasteiger partial charge in [0.05, 0.1) is 0 Å². The summed E-state index contributed by atoms with van der Waals surface area (Å²) in [5.74, 6) is 0. The van der Waals surface area contributed by atoms with Crippen molar-refractivity contribution in [3.63, 3.8) is 0 Å². The molecule has 3 aromatic carbocycles. The van der Waals surface area contributed by atoms with Crippen LogP contribution in [0.3, 0.4) is 0 Å². The first-order valence-electron chi connectivity index (χ1n) is 8.20. The molecule has 0 radical (unpaired) electrons. The fraction of sp³-hybridized carbons (Fsp3) is 0.0909. The van der Waals surface area contributed by atoms with Gasteiger partial charge < -0.3 is 0 Å². The summed E-state index contributed by atoms with van der Waals surface area (Å²) in [5.41, 5.74) is 14.5. The minimum atomic E-state index is -0.255. The first-order chi connectivity index (χ1) is 12.7. The van der Waals surface area contributed by atoms with Crippen molar-refractivity contribution in [2.24, 2.45) is 0 Å². The second kappa shape index (κ2) is 9.47. The Kier molecular flexibility index (Phi) is 7.04. The second-order valence-electron chi connectivity index (χ2n) is 5.75. The summed E-state index contributed by atoms with van der Waals surface area (Å²) in [4.78, 5) is 2.00. The van der Waals surface area contributed by atoms with E-state index >= 15 is 0 Å². The van der Waals surface area contributed by atoms with E-state index in [0.717, 1.165) is 11.4 Å². The van der Waals surface area contributed by atoms with Gasteiger partial charge in [0.2, 0.25) is 4.91 Å². The van der Waals surface area contributed by atoms with Crippen LogP contribution in [-0.4, -0.2) is 0 Å². The quantitative estimate of drug-likeness (QED) is 0.229. The van der Waals surface area contributed by atoms with Crippen molar-refractivity contribution in [2.45, 2.75) is 11.8 Å². The number of rotatable bonds is 5. The molecular weight excluding hydrogens is 342 g/mol. The molecule has 0 atom stereocenters.